The molecule has 2 saturated heterocycles. The van der Waals surface area contributed by atoms with Crippen LogP contribution >= 0.6 is 82.0 Å². The second kappa shape index (κ2) is 51.7. The topological polar surface area (TPSA) is 447 Å². The van der Waals surface area contributed by atoms with Gasteiger partial charge in [0.05, 0.1) is 105 Å². The van der Waals surface area contributed by atoms with Crippen LogP contribution in [0.1, 0.15) is 172 Å². The molecule has 648 valence electrons. The number of aromatic amines is 3. The second-order valence-corrected chi connectivity index (χ2v) is 36.5. The van der Waals surface area contributed by atoms with Crippen molar-refractivity contribution in [2.24, 2.45) is 29.6 Å². The monoisotopic (exact) mass is 1770 g/mol. The maximum atomic E-state index is 11.8. The van der Waals surface area contributed by atoms with E-state index in [4.69, 9.17) is 78.4 Å². The lowest BCUT2D eigenvalue weighted by Crippen LogP contribution is -2.32. The first-order valence-corrected chi connectivity index (χ1v) is 44.0. The SMILES string of the molecule is C=CCc1cc(/C=C(/CC(=O)OC)C(=O)OC)cc(OC)c1O.C=c1[nH]c(=O)/c(=C/C2CCCCC2OCC(=O)O)s1.C=c1[nH]c(=O)/c(=C/[C@H]2CCCCC2OCC(=O)O)s1.C=c1[nH]c(=O)/c(=C/[C@H]2CCCC[C@H]2OCC(=O)O)s1.O=C(O)COC1CCCC[C@@H]1C[C@@H]1SC(=S)CC1=O.O=C(O)COC1CCCC[C@@H]1C[C@H]1SC(=S)CC1=O. The number of H-pyrrole nitrogens is 3. The average Bonchev–Trinajstić information content (AvgIpc) is 1.27. The van der Waals surface area contributed by atoms with Gasteiger partial charge in [-0.3, -0.25) is 28.8 Å². The maximum absolute atomic E-state index is 11.8. The number of carbonyl (C=O) groups is 9. The van der Waals surface area contributed by atoms with E-state index >= 15 is 0 Å². The summed E-state index contributed by atoms with van der Waals surface area (Å²) >= 11 is 17.2. The lowest BCUT2D eigenvalue weighted by atomic mass is 9.82. The Morgan fingerprint density at radius 3 is 1.10 bits per heavy atom. The Kier molecular flexibility index (Phi) is 43.3. The third-order valence-electron chi connectivity index (χ3n) is 20.3. The van der Waals surface area contributed by atoms with Crippen LogP contribution in [0.4, 0.5) is 0 Å². The lowest BCUT2D eigenvalue weighted by Gasteiger charge is -2.32. The summed E-state index contributed by atoms with van der Waals surface area (Å²) in [5, 5.41) is 53.4. The van der Waals surface area contributed by atoms with Crippen LogP contribution in [-0.4, -0.2) is 203 Å². The molecule has 11 rings (SSSR count). The molecule has 4 aromatic rings. The number of thioether (sulfide) groups is 2. The van der Waals surface area contributed by atoms with Gasteiger partial charge < -0.3 is 83.5 Å². The number of carboxylic acid groups (broad SMARTS) is 5. The van der Waals surface area contributed by atoms with E-state index in [-0.39, 0.29) is 155 Å². The quantitative estimate of drug-likeness (QED) is 0.0108. The van der Waals surface area contributed by atoms with Gasteiger partial charge in [0.1, 0.15) is 33.0 Å². The van der Waals surface area contributed by atoms with Gasteiger partial charge in [-0.15, -0.1) is 64.1 Å². The highest BCUT2D eigenvalue weighted by Gasteiger charge is 2.38. The molecule has 7 aliphatic rings. The predicted molar refractivity (Wildman–Crippen MR) is 461 cm³/mol. The fraction of sp³-hybridized carbons (Fsp3) is 0.561. The standard InChI is InChI=1S/C17H20O6.3C13H17NO4S.2C13H18O4S2/c1-5-6-12-7-11(9-14(21-2)16(12)19)8-13(17(20)23-4)10-15(18)22-3;3*1-8-14-13(17)11(19-8)6-9-4-2-3-5-10(9)18-7-12(15)16;2*14-9-6-13(18)19-11(9)5-8-3-1-2-4-10(8)17-7-12(15)16/h5,7-9,19H,1,6,10H2,2-4H3;3*6,9-10H,1-5,7H2,(H,14,17)(H,15,16);2*8,10-11H,1-7H2,(H,15,16)/b13-8-;3*11-6-;;/t;9-,10?;9-,10-;;8-,10?,11+;8-,10?,11-/m.11.11/s1. The molecule has 7 fully saturated rings. The lowest BCUT2D eigenvalue weighted by molar-refractivity contribution is -0.147. The number of carboxylic acids is 5. The summed E-state index contributed by atoms with van der Waals surface area (Å²) in [6.07, 6.45) is 30.9. The average molecular weight is 1780 g/mol. The number of carbonyl (C=O) groups excluding carboxylic acids is 4. The van der Waals surface area contributed by atoms with Crippen LogP contribution < -0.4 is 49.0 Å². The molecule has 0 radical (unpaired) electrons. The van der Waals surface area contributed by atoms with Crippen LogP contribution in [0.25, 0.3) is 44.0 Å². The molecule has 2 aliphatic heterocycles. The minimum Gasteiger partial charge on any atom is -0.504 e. The van der Waals surface area contributed by atoms with Crippen LogP contribution in [-0.2, 0) is 82.7 Å². The number of benzene rings is 1. The zero-order valence-electron chi connectivity index (χ0n) is 66.4. The number of aromatic nitrogens is 3. The number of phenolic OH excluding ortho intramolecular Hbond substituents is 1. The van der Waals surface area contributed by atoms with Crippen LogP contribution in [0.2, 0.25) is 0 Å². The minimum atomic E-state index is -0.960. The first kappa shape index (κ1) is 98.9. The van der Waals surface area contributed by atoms with Gasteiger partial charge >= 0.3 is 41.8 Å². The largest absolute Gasteiger partial charge is 0.504 e. The number of hydrogen-bond donors (Lipinski definition) is 9. The van der Waals surface area contributed by atoms with Gasteiger partial charge in [0.15, 0.2) is 23.1 Å². The van der Waals surface area contributed by atoms with Crippen LogP contribution in [0.15, 0.2) is 44.7 Å². The number of hydrogen-bond acceptors (Lipinski definition) is 28. The van der Waals surface area contributed by atoms with Gasteiger partial charge in [-0.1, -0.05) is 133 Å². The third kappa shape index (κ3) is 34.7. The molecule has 29 nitrogen and oxygen atoms in total. The summed E-state index contributed by atoms with van der Waals surface area (Å²) < 4.78 is 47.0. The van der Waals surface area contributed by atoms with Crippen LogP contribution in [0.3, 0.4) is 0 Å². The molecule has 118 heavy (non-hydrogen) atoms. The highest BCUT2D eigenvalue weighted by Crippen LogP contribution is 2.40. The summed E-state index contributed by atoms with van der Waals surface area (Å²) in [5.41, 5.74) is 0.929. The number of ketones is 2. The van der Waals surface area contributed by atoms with E-state index < -0.39 is 41.8 Å². The van der Waals surface area contributed by atoms with Crippen molar-refractivity contribution in [3.8, 4) is 11.5 Å². The second-order valence-electron chi connectivity index (χ2n) is 29.0. The summed E-state index contributed by atoms with van der Waals surface area (Å²) in [6.45, 7) is 13.4. The molecule has 5 heterocycles. The number of thiazole rings is 3. The number of ether oxygens (including phenoxy) is 8. The smallest absolute Gasteiger partial charge is 0.334 e. The Morgan fingerprint density at radius 2 is 0.814 bits per heavy atom. The van der Waals surface area contributed by atoms with Gasteiger partial charge in [-0.25, -0.2) is 28.8 Å². The predicted octanol–water partition coefficient (Wildman–Crippen LogP) is 7.99. The van der Waals surface area contributed by atoms with Gasteiger partial charge in [0.2, 0.25) is 0 Å². The number of aliphatic carboxylic acids is 5. The Hall–Kier alpha value is -7.88. The molecule has 5 aliphatic carbocycles. The van der Waals surface area contributed by atoms with Crippen LogP contribution in [0, 0.1) is 29.6 Å². The van der Waals surface area contributed by atoms with Gasteiger partial charge in [0.25, 0.3) is 16.7 Å². The number of thiocarbonyl (C=S) groups is 2. The Labute approximate surface area is 713 Å². The highest BCUT2D eigenvalue weighted by atomic mass is 32.2. The van der Waals surface area contributed by atoms with Crippen LogP contribution in [0.5, 0.6) is 11.5 Å². The van der Waals surface area contributed by atoms with Crippen molar-refractivity contribution in [2.45, 2.75) is 208 Å². The van der Waals surface area contributed by atoms with Crippen molar-refractivity contribution in [3.63, 3.8) is 0 Å². The normalized spacial score (nSPS) is 24.2. The maximum Gasteiger partial charge on any atom is 0.334 e. The fourth-order valence-corrected chi connectivity index (χ4v) is 20.4. The molecule has 1 aromatic carbocycles. The number of methoxy groups -OCH3 is 3. The fourth-order valence-electron chi connectivity index (χ4n) is 14.8. The van der Waals surface area contributed by atoms with E-state index in [1.165, 1.54) is 84.9 Å². The molecular formula is C82H107N3O26S7. The molecule has 12 atom stereocenters. The van der Waals surface area contributed by atoms with E-state index in [0.29, 0.717) is 58.0 Å². The molecule has 0 spiro atoms. The summed E-state index contributed by atoms with van der Waals surface area (Å²) in [5.74, 6) is -4.34. The number of esters is 2. The number of nitrogens with one attached hydrogen (secondary N) is 3. The molecule has 9 N–H and O–H groups in total. The minimum absolute atomic E-state index is 0.0112. The number of Topliss-reactive ketones (excluding diaryl/α,β-unsaturated/α-hetero) is 2. The molecule has 36 heteroatoms. The van der Waals surface area contributed by atoms with E-state index in [1.54, 1.807) is 18.2 Å². The zero-order valence-corrected chi connectivity index (χ0v) is 72.1. The van der Waals surface area contributed by atoms with Gasteiger partial charge in [0, 0.05) is 41.7 Å². The van der Waals surface area contributed by atoms with Crippen molar-refractivity contribution in [1.29, 1.82) is 0 Å². The first-order valence-electron chi connectivity index (χ1n) is 38.9. The summed E-state index contributed by atoms with van der Waals surface area (Å²) in [4.78, 5) is 143. The molecule has 5 saturated carbocycles. The van der Waals surface area contributed by atoms with E-state index in [1.807, 2.05) is 18.2 Å². The Morgan fingerprint density at radius 1 is 0.483 bits per heavy atom. The molecule has 0 bridgehead atoms. The van der Waals surface area contributed by atoms with Crippen molar-refractivity contribution in [3.05, 3.63) is 100 Å². The first-order chi connectivity index (χ1) is 56.3. The van der Waals surface area contributed by atoms with Crippen molar-refractivity contribution in [2.75, 3.05) is 54.4 Å². The number of allylic oxidation sites excluding steroid dienone is 1. The summed E-state index contributed by atoms with van der Waals surface area (Å²) in [7, 11) is 3.90. The summed E-state index contributed by atoms with van der Waals surface area (Å²) in [6, 6.07) is 3.24. The molecule has 5 unspecified atom stereocenters. The van der Waals surface area contributed by atoms with Crippen molar-refractivity contribution in [1.82, 2.24) is 15.0 Å². The zero-order chi connectivity index (χ0) is 86.5. The molecule has 3 aromatic heterocycles. The number of phenols is 1. The Bertz CT molecular complexity index is 4370. The van der Waals surface area contributed by atoms with Gasteiger partial charge in [-0.2, -0.15) is 0 Å². The van der Waals surface area contributed by atoms with E-state index in [0.717, 1.165) is 150 Å². The van der Waals surface area contributed by atoms with Crippen molar-refractivity contribution < 1.29 is 112 Å². The van der Waals surface area contributed by atoms with E-state index in [2.05, 4.69) is 50.7 Å². The third-order valence-corrected chi connectivity index (χ3v) is 26.1. The van der Waals surface area contributed by atoms with Crippen molar-refractivity contribution >= 4 is 188 Å². The Balaban J connectivity index is 0.000000220. The number of aromatic hydroxyl groups is 1. The molecule has 0 amide bonds. The van der Waals surface area contributed by atoms with E-state index in [9.17, 15) is 62.6 Å². The van der Waals surface area contributed by atoms with Gasteiger partial charge in [-0.05, 0) is 119 Å². The highest BCUT2D eigenvalue weighted by molar-refractivity contribution is 8.25. The number of rotatable bonds is 29. The molecular weight excluding hydrogens is 1670 g/mol.